The minimum Gasteiger partial charge on any atom is -0.219 e. The maximum Gasteiger partial charge on any atom is 0.250 e. The highest BCUT2D eigenvalue weighted by atomic mass is 79.9. The quantitative estimate of drug-likeness (QED) is 0.769. The molecule has 0 unspecified atom stereocenters. The van der Waals surface area contributed by atoms with E-state index in [0.717, 1.165) is 4.68 Å². The van der Waals surface area contributed by atoms with Crippen molar-refractivity contribution in [2.75, 3.05) is 0 Å². The fourth-order valence-electron chi connectivity index (χ4n) is 0.688. The predicted molar refractivity (Wildman–Crippen MR) is 51.6 cm³/mol. The van der Waals surface area contributed by atoms with Crippen molar-refractivity contribution >= 4 is 15.9 Å². The van der Waals surface area contributed by atoms with Crippen molar-refractivity contribution in [1.29, 1.82) is 0 Å². The molecule has 0 N–H and O–H groups in total. The molecule has 0 aliphatic heterocycles. The SMILES string of the molecule is [2H]c1nc(-n2nc(Br)c([2H])c2[2H])nc([2H])c1C([2H])([2H])[2H]. The molecular formula is C8H7BrN4. The van der Waals surface area contributed by atoms with E-state index in [0.29, 0.717) is 0 Å². The van der Waals surface area contributed by atoms with Gasteiger partial charge in [0.1, 0.15) is 4.60 Å². The molecule has 0 radical (unpaired) electrons. The molecule has 0 aliphatic carbocycles. The van der Waals surface area contributed by atoms with Crippen LogP contribution in [0.25, 0.3) is 5.95 Å². The largest absolute Gasteiger partial charge is 0.250 e. The maximum absolute atomic E-state index is 7.64. The summed E-state index contributed by atoms with van der Waals surface area (Å²) < 4.78 is 53.0. The van der Waals surface area contributed by atoms with Crippen LogP contribution in [0.3, 0.4) is 0 Å². The Morgan fingerprint density at radius 3 is 2.85 bits per heavy atom. The van der Waals surface area contributed by atoms with Crippen molar-refractivity contribution in [2.24, 2.45) is 0 Å². The van der Waals surface area contributed by atoms with E-state index in [4.69, 9.17) is 9.60 Å². The van der Waals surface area contributed by atoms with Gasteiger partial charge in [0.2, 0.25) is 5.95 Å². The van der Waals surface area contributed by atoms with E-state index in [2.05, 4.69) is 31.0 Å². The van der Waals surface area contributed by atoms with E-state index < -0.39 is 24.8 Å². The third-order valence-electron chi connectivity index (χ3n) is 1.18. The second-order valence-corrected chi connectivity index (χ2v) is 2.81. The molecular weight excluding hydrogens is 232 g/mol. The third kappa shape index (κ3) is 1.75. The van der Waals surface area contributed by atoms with Crippen LogP contribution < -0.4 is 0 Å². The highest BCUT2D eigenvalue weighted by Crippen LogP contribution is 2.07. The van der Waals surface area contributed by atoms with E-state index in [1.54, 1.807) is 0 Å². The van der Waals surface area contributed by atoms with E-state index in [-0.39, 0.29) is 22.8 Å². The molecule has 0 atom stereocenters. The van der Waals surface area contributed by atoms with Crippen molar-refractivity contribution in [1.82, 2.24) is 19.7 Å². The van der Waals surface area contributed by atoms with Crippen LogP contribution in [0.5, 0.6) is 0 Å². The van der Waals surface area contributed by atoms with Gasteiger partial charge in [0.15, 0.2) is 0 Å². The summed E-state index contributed by atoms with van der Waals surface area (Å²) in [6.45, 7) is -2.66. The fraction of sp³-hybridized carbons (Fsp3) is 0.125. The average Bonchev–Trinajstić information content (AvgIpc) is 2.54. The van der Waals surface area contributed by atoms with Crippen molar-refractivity contribution in [3.8, 4) is 5.95 Å². The number of halogens is 1. The van der Waals surface area contributed by atoms with Crippen LogP contribution in [-0.2, 0) is 0 Å². The van der Waals surface area contributed by atoms with E-state index in [1.165, 1.54) is 0 Å². The van der Waals surface area contributed by atoms with Crippen molar-refractivity contribution in [3.05, 3.63) is 34.7 Å². The van der Waals surface area contributed by atoms with Gasteiger partial charge in [-0.05, 0) is 34.4 Å². The first-order valence-corrected chi connectivity index (χ1v) is 4.00. The second kappa shape index (κ2) is 3.26. The molecule has 0 aliphatic rings. The Hall–Kier alpha value is -1.23. The molecule has 0 aromatic carbocycles. The molecule has 0 spiro atoms. The Kier molecular flexibility index (Phi) is 0.875. The van der Waals surface area contributed by atoms with Crippen molar-refractivity contribution in [2.45, 2.75) is 6.85 Å². The van der Waals surface area contributed by atoms with Gasteiger partial charge in [-0.2, -0.15) is 5.10 Å². The van der Waals surface area contributed by atoms with Gasteiger partial charge in [-0.25, -0.2) is 14.6 Å². The van der Waals surface area contributed by atoms with E-state index >= 15 is 0 Å². The lowest BCUT2D eigenvalue weighted by Gasteiger charge is -1.97. The molecule has 2 aromatic heterocycles. The van der Waals surface area contributed by atoms with Crippen molar-refractivity contribution in [3.63, 3.8) is 0 Å². The number of aromatic nitrogens is 4. The third-order valence-corrected chi connectivity index (χ3v) is 1.53. The minimum atomic E-state index is -2.66. The summed E-state index contributed by atoms with van der Waals surface area (Å²) in [4.78, 5) is 7.28. The van der Waals surface area contributed by atoms with Crippen LogP contribution in [0.15, 0.2) is 29.2 Å². The molecule has 0 fully saturated rings. The van der Waals surface area contributed by atoms with Gasteiger partial charge in [-0.15, -0.1) is 0 Å². The van der Waals surface area contributed by atoms with Gasteiger partial charge >= 0.3 is 0 Å². The first kappa shape index (κ1) is 3.49. The van der Waals surface area contributed by atoms with Crippen LogP contribution >= 0.6 is 15.9 Å². The topological polar surface area (TPSA) is 43.6 Å². The molecule has 2 aromatic rings. The van der Waals surface area contributed by atoms with E-state index in [9.17, 15) is 0 Å². The highest BCUT2D eigenvalue weighted by molar-refractivity contribution is 9.10. The monoisotopic (exact) mass is 245 g/mol. The van der Waals surface area contributed by atoms with Gasteiger partial charge in [0.05, 0.1) is 5.48 Å². The zero-order valence-corrected chi connectivity index (χ0v) is 7.75. The molecule has 0 amide bonds. The Morgan fingerprint density at radius 2 is 2.31 bits per heavy atom. The molecule has 0 bridgehead atoms. The number of hydrogen-bond acceptors (Lipinski definition) is 3. The van der Waals surface area contributed by atoms with E-state index in [1.807, 2.05) is 0 Å². The minimum absolute atomic E-state index is 0.0871. The lowest BCUT2D eigenvalue weighted by molar-refractivity contribution is 0.798. The van der Waals surface area contributed by atoms with Gasteiger partial charge in [0.25, 0.3) is 0 Å². The molecule has 13 heavy (non-hydrogen) atoms. The fourth-order valence-corrected chi connectivity index (χ4v) is 0.935. The van der Waals surface area contributed by atoms with Crippen LogP contribution in [-0.4, -0.2) is 19.7 Å². The molecule has 0 saturated heterocycles. The number of hydrogen-bond donors (Lipinski definition) is 0. The van der Waals surface area contributed by atoms with Gasteiger partial charge < -0.3 is 0 Å². The molecule has 4 nitrogen and oxygen atoms in total. The lowest BCUT2D eigenvalue weighted by Crippen LogP contribution is -2.00. The summed E-state index contributed by atoms with van der Waals surface area (Å²) in [5.74, 6) is -0.294. The lowest BCUT2D eigenvalue weighted by atomic mass is 10.4. The standard InChI is InChI=1S/C8H7BrN4/c1-6-4-10-8(11-5-6)13-3-2-7(9)12-13/h2-5H,1H3/i1D3,2D,3D,4D,5D. The van der Waals surface area contributed by atoms with Gasteiger partial charge in [-0.3, -0.25) is 0 Å². The summed E-state index contributed by atoms with van der Waals surface area (Å²) in [6.07, 6.45) is -1.59. The molecule has 2 heterocycles. The molecule has 2 rings (SSSR count). The molecule has 5 heteroatoms. The molecule has 66 valence electrons. The average molecular weight is 246 g/mol. The molecule has 0 saturated carbocycles. The Morgan fingerprint density at radius 1 is 1.54 bits per heavy atom. The predicted octanol–water partition coefficient (Wildman–Crippen LogP) is 1.73. The van der Waals surface area contributed by atoms with Crippen LogP contribution in [0.1, 0.15) is 15.2 Å². The summed E-state index contributed by atoms with van der Waals surface area (Å²) in [7, 11) is 0. The summed E-state index contributed by atoms with van der Waals surface area (Å²) >= 11 is 2.97. The summed E-state index contributed by atoms with van der Waals surface area (Å²) in [6, 6.07) is -0.202. The summed E-state index contributed by atoms with van der Waals surface area (Å²) in [5.41, 5.74) is -0.565. The zero-order chi connectivity index (χ0) is 15.2. The number of rotatable bonds is 1. The second-order valence-electron chi connectivity index (χ2n) is 2.06. The van der Waals surface area contributed by atoms with Crippen LogP contribution in [0, 0.1) is 6.85 Å². The first-order chi connectivity index (χ1) is 9.12. The van der Waals surface area contributed by atoms with Crippen LogP contribution in [0.2, 0.25) is 0 Å². The zero-order valence-electron chi connectivity index (χ0n) is 13.2. The Bertz CT molecular complexity index is 657. The van der Waals surface area contributed by atoms with Gasteiger partial charge in [-0.1, -0.05) is 0 Å². The Balaban J connectivity index is 2.64. The van der Waals surface area contributed by atoms with Crippen LogP contribution in [0.4, 0.5) is 0 Å². The highest BCUT2D eigenvalue weighted by Gasteiger charge is 2.00. The Labute approximate surface area is 93.6 Å². The normalized spacial score (nSPS) is 19.0. The van der Waals surface area contributed by atoms with Crippen molar-refractivity contribution < 1.29 is 9.60 Å². The smallest absolute Gasteiger partial charge is 0.219 e. The summed E-state index contributed by atoms with van der Waals surface area (Å²) in [5, 5.41) is 3.78. The first-order valence-electron chi connectivity index (χ1n) is 6.70. The maximum atomic E-state index is 7.64. The number of nitrogens with zero attached hydrogens (tertiary/aromatic N) is 4. The van der Waals surface area contributed by atoms with Gasteiger partial charge in [0, 0.05) is 22.6 Å².